The summed E-state index contributed by atoms with van der Waals surface area (Å²) in [6.45, 7) is 1.65. The van der Waals surface area contributed by atoms with E-state index in [1.54, 1.807) is 20.2 Å². The van der Waals surface area contributed by atoms with Crippen LogP contribution in [0.3, 0.4) is 0 Å². The van der Waals surface area contributed by atoms with Gasteiger partial charge in [-0.2, -0.15) is 0 Å². The van der Waals surface area contributed by atoms with Gasteiger partial charge in [0.05, 0.1) is 0 Å². The molecule has 0 heterocycles. The molecule has 0 aliphatic rings. The maximum Gasteiger partial charge on any atom is 0.245 e. The fourth-order valence-electron chi connectivity index (χ4n) is 0.288. The summed E-state index contributed by atoms with van der Waals surface area (Å²) in [6, 6.07) is 0. The fraction of sp³-hybridized carbons (Fsp3) is 0.400. The number of carbonyl (C=O) groups excluding carboxylic acids is 1. The highest BCUT2D eigenvalue weighted by Crippen LogP contribution is 1.83. The Morgan fingerprint density at radius 2 is 2.25 bits per heavy atom. The molecule has 1 amide bonds. The molecule has 0 fully saturated rings. The topological polar surface area (TPSA) is 55.1 Å². The van der Waals surface area contributed by atoms with Crippen molar-refractivity contribution in [1.82, 2.24) is 5.32 Å². The molecule has 0 aliphatic heterocycles. The molecule has 0 aliphatic carbocycles. The average Bonchev–Trinajstić information content (AvgIpc) is 1.67. The molecule has 3 heteroatoms. The van der Waals surface area contributed by atoms with Crippen LogP contribution in [-0.2, 0) is 4.79 Å². The van der Waals surface area contributed by atoms with Crippen LogP contribution in [0.15, 0.2) is 11.8 Å². The van der Waals surface area contributed by atoms with Gasteiger partial charge in [-0.15, -0.1) is 0 Å². The van der Waals surface area contributed by atoms with Gasteiger partial charge in [-0.25, -0.2) is 0 Å². The molecule has 0 aromatic rings. The van der Waals surface area contributed by atoms with Crippen LogP contribution in [0.1, 0.15) is 6.92 Å². The normalized spacial score (nSPS) is 11.0. The lowest BCUT2D eigenvalue weighted by atomic mass is 10.3. The molecule has 3 nitrogen and oxygen atoms in total. The fourth-order valence-corrected chi connectivity index (χ4v) is 0.288. The Bertz CT molecular complexity index is 118. The largest absolute Gasteiger partial charge is 0.394 e. The summed E-state index contributed by atoms with van der Waals surface area (Å²) in [5.74, 6) is -0.389. The predicted molar refractivity (Wildman–Crippen MR) is 32.0 cm³/mol. The summed E-state index contributed by atoms with van der Waals surface area (Å²) in [4.78, 5) is 10.2. The molecule has 8 heavy (non-hydrogen) atoms. The first kappa shape index (κ1) is 7.01. The van der Waals surface area contributed by atoms with Crippen LogP contribution >= 0.6 is 0 Å². The smallest absolute Gasteiger partial charge is 0.245 e. The molecule has 0 saturated heterocycles. The molecule has 46 valence electrons. The van der Waals surface area contributed by atoms with Crippen molar-refractivity contribution in [2.45, 2.75) is 6.92 Å². The minimum absolute atomic E-state index is 0.389. The van der Waals surface area contributed by atoms with Crippen LogP contribution in [-0.4, -0.2) is 13.0 Å². The molecular formula is C5H10N2O. The highest BCUT2D eigenvalue weighted by atomic mass is 16.1. The Labute approximate surface area is 48.6 Å². The molecular weight excluding hydrogens is 104 g/mol. The van der Waals surface area contributed by atoms with Crippen molar-refractivity contribution in [3.05, 3.63) is 11.8 Å². The zero-order valence-corrected chi connectivity index (χ0v) is 5.06. The Balaban J connectivity index is 3.80. The molecule has 0 saturated carbocycles. The van der Waals surface area contributed by atoms with E-state index in [0.717, 1.165) is 0 Å². The summed E-state index contributed by atoms with van der Waals surface area (Å²) in [5.41, 5.74) is 5.41. The van der Waals surface area contributed by atoms with E-state index in [4.69, 9.17) is 5.73 Å². The lowest BCUT2D eigenvalue weighted by Gasteiger charge is -1.90. The second-order valence-electron chi connectivity index (χ2n) is 1.48. The summed E-state index contributed by atoms with van der Waals surface area (Å²) < 4.78 is 0. The van der Waals surface area contributed by atoms with Crippen molar-refractivity contribution in [2.75, 3.05) is 7.05 Å². The van der Waals surface area contributed by atoms with E-state index < -0.39 is 0 Å². The first-order valence-electron chi connectivity index (χ1n) is 2.32. The minimum atomic E-state index is -0.389. The maximum atomic E-state index is 10.2. The SMILES string of the molecule is CN/C=C(\C)C(N)=O. The van der Waals surface area contributed by atoms with Crippen molar-refractivity contribution in [3.8, 4) is 0 Å². The lowest BCUT2D eigenvalue weighted by molar-refractivity contribution is -0.114. The number of nitrogens with two attached hydrogens (primary N) is 1. The van der Waals surface area contributed by atoms with Crippen molar-refractivity contribution < 1.29 is 4.79 Å². The van der Waals surface area contributed by atoms with Crippen LogP contribution in [0.2, 0.25) is 0 Å². The molecule has 0 unspecified atom stereocenters. The molecule has 0 aromatic heterocycles. The van der Waals surface area contributed by atoms with Gasteiger partial charge in [0.15, 0.2) is 0 Å². The van der Waals surface area contributed by atoms with Crippen LogP contribution in [0.4, 0.5) is 0 Å². The molecule has 0 atom stereocenters. The number of hydrogen-bond donors (Lipinski definition) is 2. The van der Waals surface area contributed by atoms with Gasteiger partial charge in [0.1, 0.15) is 0 Å². The Morgan fingerprint density at radius 3 is 2.38 bits per heavy atom. The molecule has 0 aromatic carbocycles. The second-order valence-corrected chi connectivity index (χ2v) is 1.48. The minimum Gasteiger partial charge on any atom is -0.394 e. The quantitative estimate of drug-likeness (QED) is 0.480. The third-order valence-electron chi connectivity index (χ3n) is 0.750. The van der Waals surface area contributed by atoms with Crippen LogP contribution in [0.25, 0.3) is 0 Å². The summed E-state index contributed by atoms with van der Waals surface area (Å²) in [5, 5.41) is 2.69. The number of hydrogen-bond acceptors (Lipinski definition) is 2. The van der Waals surface area contributed by atoms with Gasteiger partial charge >= 0.3 is 0 Å². The van der Waals surface area contributed by atoms with Gasteiger partial charge < -0.3 is 11.1 Å². The Hall–Kier alpha value is -0.990. The number of amides is 1. The number of rotatable bonds is 2. The van der Waals surface area contributed by atoms with Crippen molar-refractivity contribution in [3.63, 3.8) is 0 Å². The first-order valence-corrected chi connectivity index (χ1v) is 2.32. The van der Waals surface area contributed by atoms with E-state index in [0.29, 0.717) is 5.57 Å². The molecule has 0 spiro atoms. The Morgan fingerprint density at radius 1 is 1.75 bits per heavy atom. The van der Waals surface area contributed by atoms with Gasteiger partial charge in [0.2, 0.25) is 5.91 Å². The number of carbonyl (C=O) groups is 1. The second kappa shape index (κ2) is 3.07. The van der Waals surface area contributed by atoms with E-state index >= 15 is 0 Å². The van der Waals surface area contributed by atoms with Crippen molar-refractivity contribution in [2.24, 2.45) is 5.73 Å². The maximum absolute atomic E-state index is 10.2. The monoisotopic (exact) mass is 114 g/mol. The van der Waals surface area contributed by atoms with E-state index in [1.807, 2.05) is 0 Å². The predicted octanol–water partition coefficient (Wildman–Crippen LogP) is -0.405. The Kier molecular flexibility index (Phi) is 2.69. The van der Waals surface area contributed by atoms with E-state index in [9.17, 15) is 4.79 Å². The zero-order valence-electron chi connectivity index (χ0n) is 5.06. The summed E-state index contributed by atoms with van der Waals surface area (Å²) in [6.07, 6.45) is 1.56. The molecule has 0 radical (unpaired) electrons. The highest BCUT2D eigenvalue weighted by Gasteiger charge is 1.92. The van der Waals surface area contributed by atoms with E-state index in [-0.39, 0.29) is 5.91 Å². The van der Waals surface area contributed by atoms with Gasteiger partial charge in [-0.3, -0.25) is 4.79 Å². The van der Waals surface area contributed by atoms with E-state index in [1.165, 1.54) is 0 Å². The van der Waals surface area contributed by atoms with Crippen molar-refractivity contribution in [1.29, 1.82) is 0 Å². The molecule has 0 bridgehead atoms. The molecule has 0 rings (SSSR count). The standard InChI is InChI=1S/C5H10N2O/c1-4(3-7-2)5(6)8/h3,7H,1-2H3,(H2,6,8)/b4-3+. The average molecular weight is 114 g/mol. The van der Waals surface area contributed by atoms with Gasteiger partial charge in [0.25, 0.3) is 0 Å². The third kappa shape index (κ3) is 2.23. The highest BCUT2D eigenvalue weighted by molar-refractivity contribution is 5.91. The van der Waals surface area contributed by atoms with Gasteiger partial charge in [-0.1, -0.05) is 0 Å². The zero-order chi connectivity index (χ0) is 6.57. The van der Waals surface area contributed by atoms with E-state index in [2.05, 4.69) is 5.32 Å². The number of primary amides is 1. The van der Waals surface area contributed by atoms with Gasteiger partial charge in [-0.05, 0) is 6.92 Å². The molecule has 3 N–H and O–H groups in total. The third-order valence-corrected chi connectivity index (χ3v) is 0.750. The van der Waals surface area contributed by atoms with Crippen LogP contribution < -0.4 is 11.1 Å². The van der Waals surface area contributed by atoms with Gasteiger partial charge in [0, 0.05) is 18.8 Å². The van der Waals surface area contributed by atoms with Crippen LogP contribution in [0.5, 0.6) is 0 Å². The van der Waals surface area contributed by atoms with Crippen LogP contribution in [0, 0.1) is 0 Å². The first-order chi connectivity index (χ1) is 3.68. The summed E-state index contributed by atoms with van der Waals surface area (Å²) in [7, 11) is 1.71. The summed E-state index contributed by atoms with van der Waals surface area (Å²) >= 11 is 0. The lowest BCUT2D eigenvalue weighted by Crippen LogP contribution is -2.13. The number of nitrogens with one attached hydrogen (secondary N) is 1. The van der Waals surface area contributed by atoms with Crippen molar-refractivity contribution >= 4 is 5.91 Å².